The van der Waals surface area contributed by atoms with Gasteiger partial charge >= 0.3 is 18.0 Å². The lowest BCUT2D eigenvalue weighted by atomic mass is 9.94. The Bertz CT molecular complexity index is 4330. The summed E-state index contributed by atoms with van der Waals surface area (Å²) in [7, 11) is 0. The van der Waals surface area contributed by atoms with E-state index >= 15 is 0 Å². The van der Waals surface area contributed by atoms with Crippen molar-refractivity contribution in [1.82, 2.24) is 48.9 Å². The van der Waals surface area contributed by atoms with E-state index in [9.17, 15) is 29.1 Å². The molecule has 9 aromatic heterocycles. The van der Waals surface area contributed by atoms with Crippen molar-refractivity contribution in [1.29, 1.82) is 0 Å². The molecule has 0 bridgehead atoms. The maximum Gasteiger partial charge on any atom is 0.336 e. The molecule has 5 N–H and O–H groups in total. The van der Waals surface area contributed by atoms with Crippen LogP contribution in [0.3, 0.4) is 0 Å². The van der Waals surface area contributed by atoms with Gasteiger partial charge < -0.3 is 30.1 Å². The Morgan fingerprint density at radius 2 is 1.07 bits per heavy atom. The lowest BCUT2D eigenvalue weighted by Crippen LogP contribution is -2.36. The zero-order chi connectivity index (χ0) is 62.7. The van der Waals surface area contributed by atoms with Gasteiger partial charge in [0.05, 0.1) is 22.2 Å². The molecule has 456 valence electrons. The van der Waals surface area contributed by atoms with Gasteiger partial charge in [0.1, 0.15) is 11.3 Å². The molecule has 1 amide bonds. The number of hydrogen-bond donors (Lipinski definition) is 5. The van der Waals surface area contributed by atoms with Crippen LogP contribution in [0.2, 0.25) is 0 Å². The van der Waals surface area contributed by atoms with Crippen molar-refractivity contribution >= 4 is 84.4 Å². The maximum atomic E-state index is 13.8. The minimum absolute atomic E-state index is 0.0144. The number of rotatable bonds is 21. The summed E-state index contributed by atoms with van der Waals surface area (Å²) in [6.07, 6.45) is 32.1. The second kappa shape index (κ2) is 30.9. The van der Waals surface area contributed by atoms with Crippen LogP contribution in [0.5, 0.6) is 0 Å². The van der Waals surface area contributed by atoms with E-state index in [1.54, 1.807) is 95.1 Å². The van der Waals surface area contributed by atoms with Crippen molar-refractivity contribution in [2.75, 3.05) is 13.1 Å². The number of fused-ring (bicyclic) bond motifs is 5. The number of benzene rings is 3. The number of carboxylic acid groups (broad SMARTS) is 2. The van der Waals surface area contributed by atoms with Gasteiger partial charge in [0.2, 0.25) is 5.91 Å². The number of aromatic carboxylic acids is 2. The number of H-pyrrole nitrogens is 3. The van der Waals surface area contributed by atoms with Crippen LogP contribution in [0.1, 0.15) is 146 Å². The number of carbonyl (C=O) groups excluding carboxylic acids is 3. The fourth-order valence-electron chi connectivity index (χ4n) is 11.0. The highest BCUT2D eigenvalue weighted by molar-refractivity contribution is 6.21. The standard InChI is InChI=1S/C31H33N5O2.C20H27NO3.C12H9N3.C9H7NO2/c1-3-5-7-16-35(15-6-4-2)31(38)36-17-13-24-25(11-8-12-28(24)36)29(37)27-21-34-30-26(27)18-23(20-33-30)22-10-9-14-32-19-22;1-3-5-7-10-15(9-6-4-2)19(22)21-14-13-16-17(20(23)24)11-8-12-18(16)21;1-2-10(7-13-4-1)11-6-9-3-5-14-12(9)15-8-11;11-9(12)7-2-1-3-8-6(7)4-5-10-8/h8-14,17-21H,3-7,15-16H2,1-2H3,(H,33,34);8,11-15H,3-7,9-10H2,1-2H3,(H,23,24);1-8H,(H,14,15);1-5,10H,(H,11,12). The van der Waals surface area contributed by atoms with Gasteiger partial charge in [0.25, 0.3) is 0 Å². The molecule has 0 spiro atoms. The van der Waals surface area contributed by atoms with Crippen LogP contribution in [0.15, 0.2) is 183 Å². The molecule has 0 radical (unpaired) electrons. The third-order valence-corrected chi connectivity index (χ3v) is 15.9. The Hall–Kier alpha value is -10.3. The number of ketones is 1. The predicted molar refractivity (Wildman–Crippen MR) is 353 cm³/mol. The summed E-state index contributed by atoms with van der Waals surface area (Å²) >= 11 is 0. The molecule has 12 rings (SSSR count). The van der Waals surface area contributed by atoms with Crippen molar-refractivity contribution in [3.8, 4) is 22.3 Å². The fourth-order valence-corrected chi connectivity index (χ4v) is 11.0. The molecule has 3 aromatic carbocycles. The summed E-state index contributed by atoms with van der Waals surface area (Å²) in [6, 6.07) is 35.1. The zero-order valence-electron chi connectivity index (χ0n) is 50.9. The molecule has 1 unspecified atom stereocenters. The van der Waals surface area contributed by atoms with Gasteiger partial charge in [-0.15, -0.1) is 0 Å². The Kier molecular flexibility index (Phi) is 21.9. The second-order valence-corrected chi connectivity index (χ2v) is 22.0. The maximum absolute atomic E-state index is 13.8. The highest BCUT2D eigenvalue weighted by Crippen LogP contribution is 2.30. The van der Waals surface area contributed by atoms with Gasteiger partial charge in [0.15, 0.2) is 5.78 Å². The second-order valence-electron chi connectivity index (χ2n) is 22.0. The molecule has 0 saturated heterocycles. The molecule has 89 heavy (non-hydrogen) atoms. The van der Waals surface area contributed by atoms with E-state index in [2.05, 4.69) is 68.6 Å². The van der Waals surface area contributed by atoms with E-state index in [1.807, 2.05) is 96.3 Å². The molecular formula is C72H76N10O7. The van der Waals surface area contributed by atoms with E-state index in [1.165, 1.54) is 0 Å². The molecule has 0 fully saturated rings. The molecule has 0 aliphatic heterocycles. The first-order valence-electron chi connectivity index (χ1n) is 30.8. The SMILES string of the molecule is CCCCCC(CCCC)C(=O)n1ccc2c(C(=O)O)cccc21.CCCCCN(CCCC)C(=O)n1ccc2c(C(=O)c3c[nH]c4ncc(-c5cccnc5)cc34)cccc21.O=C(O)c1cccc2[nH]ccc12.c1cncc(-c2cnc3[nH]ccc3c2)c1. The van der Waals surface area contributed by atoms with Crippen molar-refractivity contribution in [2.45, 2.75) is 105 Å². The Morgan fingerprint density at radius 1 is 0.494 bits per heavy atom. The van der Waals surface area contributed by atoms with E-state index in [0.29, 0.717) is 33.2 Å². The quantitative estimate of drug-likeness (QED) is 0.0335. The first-order chi connectivity index (χ1) is 43.4. The molecule has 17 nitrogen and oxygen atoms in total. The Balaban J connectivity index is 0.000000156. The van der Waals surface area contributed by atoms with Crippen LogP contribution in [0.4, 0.5) is 4.79 Å². The van der Waals surface area contributed by atoms with Crippen LogP contribution in [0, 0.1) is 5.92 Å². The normalized spacial score (nSPS) is 11.4. The van der Waals surface area contributed by atoms with Gasteiger partial charge in [-0.2, -0.15) is 0 Å². The largest absolute Gasteiger partial charge is 0.478 e. The fraction of sp³-hybridized carbons (Fsp3) is 0.264. The van der Waals surface area contributed by atoms with Crippen LogP contribution in [-0.4, -0.2) is 102 Å². The molecule has 0 saturated carbocycles. The third-order valence-electron chi connectivity index (χ3n) is 15.9. The molecule has 12 aromatic rings. The number of nitrogens with zero attached hydrogens (tertiary/aromatic N) is 7. The molecule has 9 heterocycles. The first-order valence-corrected chi connectivity index (χ1v) is 30.8. The molecule has 1 atom stereocenters. The van der Waals surface area contributed by atoms with Crippen molar-refractivity contribution in [3.63, 3.8) is 0 Å². The smallest absolute Gasteiger partial charge is 0.336 e. The number of unbranched alkanes of at least 4 members (excludes halogenated alkanes) is 6. The van der Waals surface area contributed by atoms with Crippen LogP contribution in [-0.2, 0) is 0 Å². The summed E-state index contributed by atoms with van der Waals surface area (Å²) in [5.74, 6) is -1.85. The minimum atomic E-state index is -0.962. The number of aromatic amines is 3. The molecule has 0 aliphatic rings. The highest BCUT2D eigenvalue weighted by atomic mass is 16.4. The zero-order valence-corrected chi connectivity index (χ0v) is 50.9. The Labute approximate surface area is 516 Å². The lowest BCUT2D eigenvalue weighted by molar-refractivity contribution is 0.0688. The monoisotopic (exact) mass is 1190 g/mol. The van der Waals surface area contributed by atoms with Gasteiger partial charge in [-0.3, -0.25) is 28.7 Å². The molecular weight excluding hydrogens is 1120 g/mol. The first kappa shape index (κ1) is 63.2. The van der Waals surface area contributed by atoms with E-state index in [4.69, 9.17) is 5.11 Å². The summed E-state index contributed by atoms with van der Waals surface area (Å²) in [5, 5.41) is 22.1. The average molecular weight is 1190 g/mol. The van der Waals surface area contributed by atoms with E-state index in [0.717, 1.165) is 151 Å². The third kappa shape index (κ3) is 15.3. The number of hydrogen-bond acceptors (Lipinski definition) is 9. The van der Waals surface area contributed by atoms with Crippen LogP contribution in [0.25, 0.3) is 77.0 Å². The van der Waals surface area contributed by atoms with Crippen LogP contribution >= 0.6 is 0 Å². The number of pyridine rings is 4. The number of carbonyl (C=O) groups is 5. The number of amides is 1. The molecule has 17 heteroatoms. The van der Waals surface area contributed by atoms with Crippen LogP contribution < -0.4 is 0 Å². The van der Waals surface area contributed by atoms with E-state index < -0.39 is 11.9 Å². The van der Waals surface area contributed by atoms with Gasteiger partial charge in [-0.25, -0.2) is 24.4 Å². The predicted octanol–water partition coefficient (Wildman–Crippen LogP) is 16.9. The summed E-state index contributed by atoms with van der Waals surface area (Å²) in [5.41, 5.74) is 9.57. The van der Waals surface area contributed by atoms with Crippen molar-refractivity contribution < 1.29 is 34.2 Å². The summed E-state index contributed by atoms with van der Waals surface area (Å²) < 4.78 is 3.33. The van der Waals surface area contributed by atoms with E-state index in [-0.39, 0.29) is 29.2 Å². The topological polar surface area (TPSA) is 238 Å². The van der Waals surface area contributed by atoms with Crippen molar-refractivity contribution in [2.24, 2.45) is 5.92 Å². The minimum Gasteiger partial charge on any atom is -0.478 e. The highest BCUT2D eigenvalue weighted by Gasteiger charge is 2.24. The lowest BCUT2D eigenvalue weighted by Gasteiger charge is -2.23. The van der Waals surface area contributed by atoms with Gasteiger partial charge in [0, 0.05) is 153 Å². The average Bonchev–Trinajstić information content (AvgIpc) is 3.01. The summed E-state index contributed by atoms with van der Waals surface area (Å²) in [6.45, 7) is 10.1. The van der Waals surface area contributed by atoms with Gasteiger partial charge in [-0.1, -0.05) is 115 Å². The van der Waals surface area contributed by atoms with Gasteiger partial charge in [-0.05, 0) is 105 Å². The summed E-state index contributed by atoms with van der Waals surface area (Å²) in [4.78, 5) is 90.7. The molecule has 0 aliphatic carbocycles. The number of aromatic nitrogens is 9. The number of nitrogens with one attached hydrogen (secondary N) is 3. The van der Waals surface area contributed by atoms with Crippen molar-refractivity contribution in [3.05, 3.63) is 206 Å². The number of carboxylic acids is 2. The Morgan fingerprint density at radius 3 is 1.73 bits per heavy atom.